The minimum absolute atomic E-state index is 0. The summed E-state index contributed by atoms with van der Waals surface area (Å²) in [4.78, 5) is 0.0392. The van der Waals surface area contributed by atoms with Crippen LogP contribution in [-0.4, -0.2) is 26.7 Å². The average molecular weight is 329 g/mol. The SMILES string of the molecule is Cl.Nc1ccccc1S(=O)(=O)N(CCO)c1ccccc1. The van der Waals surface area contributed by atoms with Crippen molar-refractivity contribution < 1.29 is 13.5 Å². The summed E-state index contributed by atoms with van der Waals surface area (Å²) in [5.41, 5.74) is 6.43. The lowest BCUT2D eigenvalue weighted by molar-refractivity contribution is 0.306. The molecule has 0 saturated carbocycles. The number of nitrogens with two attached hydrogens (primary N) is 1. The molecule has 0 saturated heterocycles. The lowest BCUT2D eigenvalue weighted by Gasteiger charge is -2.24. The van der Waals surface area contributed by atoms with Gasteiger partial charge in [0.2, 0.25) is 0 Å². The van der Waals surface area contributed by atoms with Crippen molar-refractivity contribution in [2.45, 2.75) is 4.90 Å². The fourth-order valence-corrected chi connectivity index (χ4v) is 3.48. The van der Waals surface area contributed by atoms with E-state index in [1.165, 1.54) is 12.1 Å². The summed E-state index contributed by atoms with van der Waals surface area (Å²) in [6.07, 6.45) is 0. The first-order chi connectivity index (χ1) is 9.57. The molecule has 0 aliphatic heterocycles. The molecule has 0 radical (unpaired) electrons. The molecule has 2 rings (SSSR count). The topological polar surface area (TPSA) is 83.6 Å². The van der Waals surface area contributed by atoms with Gasteiger partial charge in [0.05, 0.1) is 24.5 Å². The lowest BCUT2D eigenvalue weighted by Crippen LogP contribution is -2.34. The second-order valence-corrected chi connectivity index (χ2v) is 6.00. The molecule has 0 unspecified atom stereocenters. The normalized spacial score (nSPS) is 10.7. The van der Waals surface area contributed by atoms with E-state index in [0.717, 1.165) is 4.31 Å². The maximum atomic E-state index is 12.7. The molecule has 0 amide bonds. The van der Waals surface area contributed by atoms with Crippen molar-refractivity contribution in [1.82, 2.24) is 0 Å². The minimum Gasteiger partial charge on any atom is -0.398 e. The highest BCUT2D eigenvalue weighted by molar-refractivity contribution is 7.93. The number of aliphatic hydroxyl groups excluding tert-OH is 1. The number of nitrogens with zero attached hydrogens (tertiary/aromatic N) is 1. The van der Waals surface area contributed by atoms with Crippen molar-refractivity contribution in [1.29, 1.82) is 0 Å². The summed E-state index contributed by atoms with van der Waals surface area (Å²) >= 11 is 0. The zero-order valence-corrected chi connectivity index (χ0v) is 12.8. The van der Waals surface area contributed by atoms with Crippen LogP contribution in [0.1, 0.15) is 0 Å². The van der Waals surface area contributed by atoms with Gasteiger partial charge in [-0.1, -0.05) is 30.3 Å². The van der Waals surface area contributed by atoms with Gasteiger partial charge in [0, 0.05) is 0 Å². The largest absolute Gasteiger partial charge is 0.398 e. The van der Waals surface area contributed by atoms with Crippen molar-refractivity contribution in [2.75, 3.05) is 23.2 Å². The van der Waals surface area contributed by atoms with Crippen LogP contribution < -0.4 is 10.0 Å². The Labute approximate surface area is 130 Å². The van der Waals surface area contributed by atoms with Gasteiger partial charge in [-0.25, -0.2) is 8.42 Å². The summed E-state index contributed by atoms with van der Waals surface area (Å²) in [6.45, 7) is -0.304. The number of sulfonamides is 1. The second-order valence-electron chi connectivity index (χ2n) is 4.17. The van der Waals surface area contributed by atoms with Crippen molar-refractivity contribution in [3.05, 3.63) is 54.6 Å². The zero-order chi connectivity index (χ0) is 14.6. The smallest absolute Gasteiger partial charge is 0.266 e. The molecule has 5 nitrogen and oxygen atoms in total. The third kappa shape index (κ3) is 3.66. The third-order valence-electron chi connectivity index (χ3n) is 2.83. The molecule has 0 heterocycles. The van der Waals surface area contributed by atoms with Crippen molar-refractivity contribution in [3.8, 4) is 0 Å². The van der Waals surface area contributed by atoms with Crippen molar-refractivity contribution in [2.24, 2.45) is 0 Å². The predicted octanol–water partition coefficient (Wildman–Crippen LogP) is 1.88. The molecule has 0 aliphatic carbocycles. The second kappa shape index (κ2) is 7.31. The Balaban J connectivity index is 0.00000220. The molecule has 3 N–H and O–H groups in total. The molecule has 7 heteroatoms. The van der Waals surface area contributed by atoms with Crippen LogP contribution in [0.4, 0.5) is 11.4 Å². The van der Waals surface area contributed by atoms with E-state index in [-0.39, 0.29) is 36.1 Å². The standard InChI is InChI=1S/C14H16N2O3S.ClH/c15-13-8-4-5-9-14(13)20(18,19)16(10-11-17)12-6-2-1-3-7-12;/h1-9,17H,10-11,15H2;1H. The maximum Gasteiger partial charge on any atom is 0.266 e. The number of hydrogen-bond acceptors (Lipinski definition) is 4. The summed E-state index contributed by atoms with van der Waals surface area (Å²) < 4.78 is 26.5. The fourth-order valence-electron chi connectivity index (χ4n) is 1.91. The Bertz CT molecular complexity index is 678. The minimum atomic E-state index is -3.80. The Morgan fingerprint density at radius 3 is 2.14 bits per heavy atom. The van der Waals surface area contributed by atoms with Crippen LogP contribution in [-0.2, 0) is 10.0 Å². The van der Waals surface area contributed by atoms with Gasteiger partial charge in [-0.3, -0.25) is 4.31 Å². The van der Waals surface area contributed by atoms with Gasteiger partial charge in [0.1, 0.15) is 4.90 Å². The summed E-state index contributed by atoms with van der Waals surface area (Å²) in [6, 6.07) is 14.9. The average Bonchev–Trinajstić information content (AvgIpc) is 2.45. The van der Waals surface area contributed by atoms with E-state index in [4.69, 9.17) is 10.8 Å². The van der Waals surface area contributed by atoms with E-state index >= 15 is 0 Å². The molecular formula is C14H17ClN2O3S. The number of benzene rings is 2. The number of para-hydroxylation sites is 2. The van der Waals surface area contributed by atoms with E-state index < -0.39 is 10.0 Å². The van der Waals surface area contributed by atoms with E-state index in [9.17, 15) is 8.42 Å². The number of anilines is 2. The highest BCUT2D eigenvalue weighted by Crippen LogP contribution is 2.26. The van der Waals surface area contributed by atoms with Gasteiger partial charge in [0.25, 0.3) is 10.0 Å². The van der Waals surface area contributed by atoms with Gasteiger partial charge < -0.3 is 10.8 Å². The first-order valence-electron chi connectivity index (χ1n) is 6.10. The van der Waals surface area contributed by atoms with Gasteiger partial charge in [0.15, 0.2) is 0 Å². The van der Waals surface area contributed by atoms with Crippen molar-refractivity contribution in [3.63, 3.8) is 0 Å². The number of nitrogen functional groups attached to an aromatic ring is 1. The number of aliphatic hydroxyl groups is 1. The molecule has 114 valence electrons. The molecule has 0 bridgehead atoms. The summed E-state index contributed by atoms with van der Waals surface area (Å²) in [5, 5.41) is 9.14. The molecule has 0 aromatic heterocycles. The number of hydrogen-bond donors (Lipinski definition) is 2. The van der Waals surface area contributed by atoms with Gasteiger partial charge in [-0.2, -0.15) is 0 Å². The molecule has 0 fully saturated rings. The highest BCUT2D eigenvalue weighted by atomic mass is 35.5. The highest BCUT2D eigenvalue weighted by Gasteiger charge is 2.26. The number of rotatable bonds is 5. The van der Waals surface area contributed by atoms with E-state index in [0.29, 0.717) is 5.69 Å². The fraction of sp³-hybridized carbons (Fsp3) is 0.143. The lowest BCUT2D eigenvalue weighted by atomic mass is 10.3. The molecule has 2 aromatic carbocycles. The maximum absolute atomic E-state index is 12.7. The van der Waals surface area contributed by atoms with E-state index in [1.807, 2.05) is 0 Å². The van der Waals surface area contributed by atoms with Crippen molar-refractivity contribution >= 4 is 33.8 Å². The Kier molecular flexibility index (Phi) is 6.02. The van der Waals surface area contributed by atoms with Crippen LogP contribution in [0.5, 0.6) is 0 Å². The molecular weight excluding hydrogens is 312 g/mol. The van der Waals surface area contributed by atoms with Crippen LogP contribution >= 0.6 is 12.4 Å². The first kappa shape index (κ1) is 17.3. The molecule has 21 heavy (non-hydrogen) atoms. The quantitative estimate of drug-likeness (QED) is 0.821. The molecule has 0 aliphatic rings. The first-order valence-corrected chi connectivity index (χ1v) is 7.54. The monoisotopic (exact) mass is 328 g/mol. The molecule has 2 aromatic rings. The van der Waals surface area contributed by atoms with Gasteiger partial charge >= 0.3 is 0 Å². The van der Waals surface area contributed by atoms with Crippen LogP contribution in [0.3, 0.4) is 0 Å². The Morgan fingerprint density at radius 1 is 1.00 bits per heavy atom. The molecule has 0 spiro atoms. The summed E-state index contributed by atoms with van der Waals surface area (Å²) in [5.74, 6) is 0. The van der Waals surface area contributed by atoms with Crippen LogP contribution in [0.15, 0.2) is 59.5 Å². The van der Waals surface area contributed by atoms with Crippen LogP contribution in [0.25, 0.3) is 0 Å². The van der Waals surface area contributed by atoms with Gasteiger partial charge in [-0.05, 0) is 24.3 Å². The number of halogens is 1. The van der Waals surface area contributed by atoms with E-state index in [2.05, 4.69) is 0 Å². The molecule has 0 atom stereocenters. The van der Waals surface area contributed by atoms with E-state index in [1.54, 1.807) is 42.5 Å². The third-order valence-corrected chi connectivity index (χ3v) is 4.74. The van der Waals surface area contributed by atoms with Gasteiger partial charge in [-0.15, -0.1) is 12.4 Å². The Hall–Kier alpha value is -1.76. The zero-order valence-electron chi connectivity index (χ0n) is 11.2. The van der Waals surface area contributed by atoms with Crippen LogP contribution in [0, 0.1) is 0 Å². The Morgan fingerprint density at radius 2 is 1.57 bits per heavy atom. The summed E-state index contributed by atoms with van der Waals surface area (Å²) in [7, 11) is -3.80. The predicted molar refractivity (Wildman–Crippen MR) is 86.2 cm³/mol. The van der Waals surface area contributed by atoms with Crippen LogP contribution in [0.2, 0.25) is 0 Å².